The molecule has 96 valence electrons. The zero-order chi connectivity index (χ0) is 12.3. The zero-order valence-electron chi connectivity index (χ0n) is 11.2. The molecule has 2 N–H and O–H groups in total. The summed E-state index contributed by atoms with van der Waals surface area (Å²) in [6, 6.07) is 2.67. The van der Waals surface area contributed by atoms with Crippen LogP contribution in [0.1, 0.15) is 67.3 Å². The normalized spacial score (nSPS) is 17.9. The van der Waals surface area contributed by atoms with E-state index in [-0.39, 0.29) is 6.04 Å². The third-order valence-corrected chi connectivity index (χ3v) is 5.06. The molecule has 0 spiro atoms. The van der Waals surface area contributed by atoms with Crippen LogP contribution in [0.2, 0.25) is 0 Å². The molecule has 1 aliphatic rings. The van der Waals surface area contributed by atoms with Gasteiger partial charge in [0.1, 0.15) is 0 Å². The fourth-order valence-electron chi connectivity index (χ4n) is 2.53. The first-order chi connectivity index (χ1) is 8.16. The lowest BCUT2D eigenvalue weighted by molar-refractivity contribution is 0.510. The molecule has 1 aliphatic carbocycles. The second kappa shape index (κ2) is 6.01. The summed E-state index contributed by atoms with van der Waals surface area (Å²) < 4.78 is 0. The lowest BCUT2D eigenvalue weighted by Crippen LogP contribution is -2.09. The number of nitrogens with two attached hydrogens (primary N) is 1. The molecule has 0 amide bonds. The van der Waals surface area contributed by atoms with Gasteiger partial charge in [0, 0.05) is 15.8 Å². The van der Waals surface area contributed by atoms with E-state index in [1.165, 1.54) is 43.4 Å². The maximum atomic E-state index is 6.30. The van der Waals surface area contributed by atoms with E-state index in [9.17, 15) is 0 Å². The molecule has 1 unspecified atom stereocenters. The fourth-order valence-corrected chi connectivity index (χ4v) is 3.82. The van der Waals surface area contributed by atoms with E-state index < -0.39 is 0 Å². The van der Waals surface area contributed by atoms with E-state index in [1.807, 2.05) is 11.3 Å². The summed E-state index contributed by atoms with van der Waals surface area (Å²) in [5.74, 6) is 0.763. The highest BCUT2D eigenvalue weighted by Crippen LogP contribution is 2.33. The van der Waals surface area contributed by atoms with E-state index in [0.29, 0.717) is 0 Å². The Morgan fingerprint density at radius 2 is 1.94 bits per heavy atom. The van der Waals surface area contributed by atoms with Gasteiger partial charge in [-0.1, -0.05) is 20.3 Å². The predicted molar refractivity (Wildman–Crippen MR) is 76.6 cm³/mol. The van der Waals surface area contributed by atoms with Gasteiger partial charge in [0.05, 0.1) is 0 Å². The molecule has 1 nitrogen and oxygen atoms in total. The Bertz CT molecular complexity index is 330. The first-order valence-corrected chi connectivity index (χ1v) is 7.85. The molecule has 0 fully saturated rings. The molecule has 1 atom stereocenters. The quantitative estimate of drug-likeness (QED) is 0.786. The van der Waals surface area contributed by atoms with Crippen LogP contribution in [0, 0.1) is 5.92 Å². The van der Waals surface area contributed by atoms with Gasteiger partial charge in [-0.2, -0.15) is 0 Å². The Morgan fingerprint density at radius 1 is 1.18 bits per heavy atom. The molecule has 1 aromatic rings. The minimum atomic E-state index is 0.273. The van der Waals surface area contributed by atoms with Crippen molar-refractivity contribution in [2.45, 2.75) is 64.8 Å². The van der Waals surface area contributed by atoms with Crippen molar-refractivity contribution in [1.82, 2.24) is 0 Å². The summed E-state index contributed by atoms with van der Waals surface area (Å²) in [7, 11) is 0. The highest BCUT2D eigenvalue weighted by atomic mass is 32.1. The van der Waals surface area contributed by atoms with Gasteiger partial charge < -0.3 is 5.73 Å². The SMILES string of the molecule is CC(C)CCC(N)c1cc2c(s1)CCCCC2. The Balaban J connectivity index is 2.01. The van der Waals surface area contributed by atoms with Crippen LogP contribution in [-0.4, -0.2) is 0 Å². The van der Waals surface area contributed by atoms with E-state index >= 15 is 0 Å². The van der Waals surface area contributed by atoms with Gasteiger partial charge in [-0.3, -0.25) is 0 Å². The fraction of sp³-hybridized carbons (Fsp3) is 0.733. The summed E-state index contributed by atoms with van der Waals surface area (Å²) >= 11 is 1.98. The van der Waals surface area contributed by atoms with Crippen molar-refractivity contribution in [3.05, 3.63) is 21.4 Å². The predicted octanol–water partition coefficient (Wildman–Crippen LogP) is 4.45. The van der Waals surface area contributed by atoms with Gasteiger partial charge in [0.15, 0.2) is 0 Å². The topological polar surface area (TPSA) is 26.0 Å². The number of hydrogen-bond donors (Lipinski definition) is 1. The number of fused-ring (bicyclic) bond motifs is 1. The van der Waals surface area contributed by atoms with Crippen LogP contribution in [0.25, 0.3) is 0 Å². The molecule has 1 aromatic heterocycles. The molecular formula is C15H25NS. The van der Waals surface area contributed by atoms with Crippen LogP contribution in [0.3, 0.4) is 0 Å². The molecule has 0 bridgehead atoms. The van der Waals surface area contributed by atoms with Gasteiger partial charge in [-0.15, -0.1) is 11.3 Å². The molecule has 17 heavy (non-hydrogen) atoms. The molecule has 1 heterocycles. The van der Waals surface area contributed by atoms with Gasteiger partial charge in [0.2, 0.25) is 0 Å². The Hall–Kier alpha value is -0.340. The smallest absolute Gasteiger partial charge is 0.0390 e. The third-order valence-electron chi connectivity index (χ3n) is 3.69. The van der Waals surface area contributed by atoms with Crippen molar-refractivity contribution >= 4 is 11.3 Å². The second-order valence-corrected chi connectivity index (χ2v) is 6.90. The lowest BCUT2D eigenvalue weighted by atomic mass is 10.0. The summed E-state index contributed by atoms with van der Waals surface area (Å²) in [6.45, 7) is 4.55. The molecule has 0 saturated heterocycles. The number of hydrogen-bond acceptors (Lipinski definition) is 2. The van der Waals surface area contributed by atoms with Gasteiger partial charge in [0.25, 0.3) is 0 Å². The average molecular weight is 251 g/mol. The third kappa shape index (κ3) is 3.56. The van der Waals surface area contributed by atoms with E-state index in [2.05, 4.69) is 19.9 Å². The van der Waals surface area contributed by atoms with E-state index in [0.717, 1.165) is 12.3 Å². The van der Waals surface area contributed by atoms with Gasteiger partial charge in [-0.25, -0.2) is 0 Å². The zero-order valence-corrected chi connectivity index (χ0v) is 12.0. The maximum absolute atomic E-state index is 6.30. The van der Waals surface area contributed by atoms with Crippen LogP contribution in [0.5, 0.6) is 0 Å². The summed E-state index contributed by atoms with van der Waals surface area (Å²) in [5, 5.41) is 0. The van der Waals surface area contributed by atoms with E-state index in [4.69, 9.17) is 5.73 Å². The highest BCUT2D eigenvalue weighted by Gasteiger charge is 2.16. The van der Waals surface area contributed by atoms with E-state index in [1.54, 1.807) is 10.4 Å². The van der Waals surface area contributed by atoms with Crippen molar-refractivity contribution in [2.75, 3.05) is 0 Å². The number of aryl methyl sites for hydroxylation is 2. The standard InChI is InChI=1S/C15H25NS/c1-11(2)8-9-13(16)15-10-12-6-4-3-5-7-14(12)17-15/h10-11,13H,3-9,16H2,1-2H3. The Morgan fingerprint density at radius 3 is 2.71 bits per heavy atom. The molecule has 2 heteroatoms. The van der Waals surface area contributed by atoms with Crippen LogP contribution in [0.4, 0.5) is 0 Å². The van der Waals surface area contributed by atoms with Gasteiger partial charge in [-0.05, 0) is 56.1 Å². The average Bonchev–Trinajstić information content (AvgIpc) is 2.58. The maximum Gasteiger partial charge on any atom is 0.0390 e. The van der Waals surface area contributed by atoms with Crippen LogP contribution < -0.4 is 5.73 Å². The largest absolute Gasteiger partial charge is 0.323 e. The highest BCUT2D eigenvalue weighted by molar-refractivity contribution is 7.12. The molecule has 0 aromatic carbocycles. The minimum absolute atomic E-state index is 0.273. The van der Waals surface area contributed by atoms with Crippen LogP contribution in [-0.2, 0) is 12.8 Å². The monoisotopic (exact) mass is 251 g/mol. The van der Waals surface area contributed by atoms with Gasteiger partial charge >= 0.3 is 0 Å². The molecule has 0 saturated carbocycles. The van der Waals surface area contributed by atoms with Crippen LogP contribution in [0.15, 0.2) is 6.07 Å². The number of rotatable bonds is 4. The van der Waals surface area contributed by atoms with Crippen molar-refractivity contribution in [1.29, 1.82) is 0 Å². The Kier molecular flexibility index (Phi) is 4.63. The summed E-state index contributed by atoms with van der Waals surface area (Å²) in [4.78, 5) is 3.05. The Labute approximate surface area is 109 Å². The van der Waals surface area contributed by atoms with Crippen LogP contribution >= 0.6 is 11.3 Å². The molecular weight excluding hydrogens is 226 g/mol. The van der Waals surface area contributed by atoms with Crippen molar-refractivity contribution in [3.63, 3.8) is 0 Å². The first kappa shape index (κ1) is 13.1. The molecule has 2 rings (SSSR count). The molecule has 0 aliphatic heterocycles. The van der Waals surface area contributed by atoms with Crippen molar-refractivity contribution in [3.8, 4) is 0 Å². The first-order valence-electron chi connectivity index (χ1n) is 7.04. The summed E-state index contributed by atoms with van der Waals surface area (Å²) in [6.07, 6.45) is 9.08. The van der Waals surface area contributed by atoms with Crippen molar-refractivity contribution in [2.24, 2.45) is 11.7 Å². The number of thiophene rings is 1. The summed E-state index contributed by atoms with van der Waals surface area (Å²) in [5.41, 5.74) is 7.90. The lowest BCUT2D eigenvalue weighted by Gasteiger charge is -2.11. The molecule has 0 radical (unpaired) electrons. The second-order valence-electron chi connectivity index (χ2n) is 5.74. The van der Waals surface area contributed by atoms with Crippen molar-refractivity contribution < 1.29 is 0 Å². The minimum Gasteiger partial charge on any atom is -0.323 e.